The van der Waals surface area contributed by atoms with Gasteiger partial charge in [0.2, 0.25) is 0 Å². The number of hydrogen-bond donors (Lipinski definition) is 1. The number of nitro groups is 1. The first-order valence-corrected chi connectivity index (χ1v) is 11.6. The van der Waals surface area contributed by atoms with E-state index in [-0.39, 0.29) is 11.4 Å². The second-order valence-electron chi connectivity index (χ2n) is 8.54. The number of fused-ring (bicyclic) bond motifs is 1. The van der Waals surface area contributed by atoms with Gasteiger partial charge in [0.05, 0.1) is 18.2 Å². The van der Waals surface area contributed by atoms with Crippen molar-refractivity contribution in [2.75, 3.05) is 25.2 Å². The molecular formula is C27H28N4O5. The van der Waals surface area contributed by atoms with Crippen LogP contribution in [0.5, 0.6) is 11.5 Å². The van der Waals surface area contributed by atoms with E-state index in [2.05, 4.69) is 39.7 Å². The highest BCUT2D eigenvalue weighted by atomic mass is 16.6. The molecule has 0 unspecified atom stereocenters. The summed E-state index contributed by atoms with van der Waals surface area (Å²) in [6, 6.07) is 18.7. The van der Waals surface area contributed by atoms with Gasteiger partial charge in [0.15, 0.2) is 12.4 Å². The van der Waals surface area contributed by atoms with E-state index >= 15 is 0 Å². The molecule has 1 aliphatic heterocycles. The van der Waals surface area contributed by atoms with Crippen molar-refractivity contribution in [1.29, 1.82) is 0 Å². The van der Waals surface area contributed by atoms with Crippen molar-refractivity contribution in [3.63, 3.8) is 0 Å². The highest BCUT2D eigenvalue weighted by Gasteiger charge is 2.18. The lowest BCUT2D eigenvalue weighted by molar-refractivity contribution is -0.385. The van der Waals surface area contributed by atoms with E-state index in [1.807, 2.05) is 18.2 Å². The number of carbonyl (C=O) groups excluding carboxylic acids is 1. The lowest BCUT2D eigenvalue weighted by Gasteiger charge is -2.31. The SMILES string of the molecule is COc1ccc(/C=N/NC(=O)COc2ccc(C)cc2[N+](=O)[O-])cc1CN1CCCc2ccccc21. The van der Waals surface area contributed by atoms with E-state index in [1.165, 1.54) is 23.4 Å². The molecule has 0 aliphatic carbocycles. The van der Waals surface area contributed by atoms with E-state index in [0.29, 0.717) is 6.54 Å². The predicted molar refractivity (Wildman–Crippen MR) is 138 cm³/mol. The first kappa shape index (κ1) is 24.7. The van der Waals surface area contributed by atoms with Crippen LogP contribution >= 0.6 is 0 Å². The quantitative estimate of drug-likeness (QED) is 0.272. The summed E-state index contributed by atoms with van der Waals surface area (Å²) in [6.45, 7) is 3.00. The Labute approximate surface area is 209 Å². The number of rotatable bonds is 9. The van der Waals surface area contributed by atoms with E-state index in [9.17, 15) is 14.9 Å². The summed E-state index contributed by atoms with van der Waals surface area (Å²) in [5.74, 6) is 0.288. The van der Waals surface area contributed by atoms with Crippen LogP contribution in [-0.4, -0.2) is 37.3 Å². The average molecular weight is 489 g/mol. The third-order valence-corrected chi connectivity index (χ3v) is 5.94. The summed E-state index contributed by atoms with van der Waals surface area (Å²) in [4.78, 5) is 25.2. The zero-order chi connectivity index (χ0) is 25.5. The Morgan fingerprint density at radius 1 is 1.17 bits per heavy atom. The Balaban J connectivity index is 1.39. The number of nitrogens with one attached hydrogen (secondary N) is 1. The largest absolute Gasteiger partial charge is 0.496 e. The van der Waals surface area contributed by atoms with E-state index in [4.69, 9.17) is 9.47 Å². The van der Waals surface area contributed by atoms with Gasteiger partial charge in [0, 0.05) is 30.4 Å². The van der Waals surface area contributed by atoms with Crippen LogP contribution in [0.4, 0.5) is 11.4 Å². The fourth-order valence-electron chi connectivity index (χ4n) is 4.23. The summed E-state index contributed by atoms with van der Waals surface area (Å²) >= 11 is 0. The first-order valence-electron chi connectivity index (χ1n) is 11.6. The molecule has 9 heteroatoms. The molecule has 0 spiro atoms. The number of methoxy groups -OCH3 is 1. The van der Waals surface area contributed by atoms with Crippen LogP contribution in [0.2, 0.25) is 0 Å². The number of para-hydroxylation sites is 1. The van der Waals surface area contributed by atoms with Gasteiger partial charge in [0.25, 0.3) is 5.91 Å². The number of hydrogen-bond acceptors (Lipinski definition) is 7. The van der Waals surface area contributed by atoms with Gasteiger partial charge < -0.3 is 14.4 Å². The monoisotopic (exact) mass is 488 g/mol. The Morgan fingerprint density at radius 3 is 2.78 bits per heavy atom. The van der Waals surface area contributed by atoms with Crippen LogP contribution in [0, 0.1) is 17.0 Å². The summed E-state index contributed by atoms with van der Waals surface area (Å²) in [6.07, 6.45) is 3.72. The zero-order valence-corrected chi connectivity index (χ0v) is 20.3. The average Bonchev–Trinajstić information content (AvgIpc) is 2.88. The van der Waals surface area contributed by atoms with Crippen LogP contribution in [-0.2, 0) is 17.8 Å². The van der Waals surface area contributed by atoms with Crippen molar-refractivity contribution in [1.82, 2.24) is 5.43 Å². The highest BCUT2D eigenvalue weighted by Crippen LogP contribution is 2.30. The minimum Gasteiger partial charge on any atom is -0.496 e. The number of aryl methyl sites for hydroxylation is 2. The van der Waals surface area contributed by atoms with Crippen LogP contribution < -0.4 is 19.8 Å². The molecule has 0 fully saturated rings. The maximum Gasteiger partial charge on any atom is 0.311 e. The van der Waals surface area contributed by atoms with Gasteiger partial charge in [-0.2, -0.15) is 5.10 Å². The van der Waals surface area contributed by atoms with Crippen molar-refractivity contribution in [3.8, 4) is 11.5 Å². The third-order valence-electron chi connectivity index (χ3n) is 5.94. The topological polar surface area (TPSA) is 106 Å². The molecule has 3 aromatic carbocycles. The molecule has 0 aromatic heterocycles. The van der Waals surface area contributed by atoms with Crippen LogP contribution in [0.1, 0.15) is 28.7 Å². The standard InChI is InChI=1S/C27H28N4O5/c1-19-9-11-26(24(14-19)31(33)34)36-18-27(32)29-28-16-20-10-12-25(35-2)22(15-20)17-30-13-5-7-21-6-3-4-8-23(21)30/h3-4,6,8-12,14-16H,5,7,13,17-18H2,1-2H3,(H,29,32)/b28-16+. The fourth-order valence-corrected chi connectivity index (χ4v) is 4.23. The second kappa shape index (κ2) is 11.4. The van der Waals surface area contributed by atoms with Crippen molar-refractivity contribution in [2.45, 2.75) is 26.3 Å². The van der Waals surface area contributed by atoms with Crippen molar-refractivity contribution in [2.24, 2.45) is 5.10 Å². The molecule has 1 aliphatic rings. The number of amides is 1. The number of benzene rings is 3. The molecule has 186 valence electrons. The van der Waals surface area contributed by atoms with E-state index in [0.717, 1.165) is 41.8 Å². The molecule has 0 bridgehead atoms. The number of ether oxygens (including phenoxy) is 2. The van der Waals surface area contributed by atoms with Crippen LogP contribution in [0.15, 0.2) is 65.8 Å². The molecular weight excluding hydrogens is 460 g/mol. The molecule has 0 atom stereocenters. The predicted octanol–water partition coefficient (Wildman–Crippen LogP) is 4.39. The molecule has 0 saturated carbocycles. The molecule has 36 heavy (non-hydrogen) atoms. The number of anilines is 1. The number of nitrogens with zero attached hydrogens (tertiary/aromatic N) is 3. The van der Waals surface area contributed by atoms with Crippen molar-refractivity contribution < 1.29 is 19.2 Å². The molecule has 4 rings (SSSR count). The smallest absolute Gasteiger partial charge is 0.311 e. The molecule has 3 aromatic rings. The van der Waals surface area contributed by atoms with E-state index in [1.54, 1.807) is 26.3 Å². The van der Waals surface area contributed by atoms with Crippen LogP contribution in [0.3, 0.4) is 0 Å². The second-order valence-corrected chi connectivity index (χ2v) is 8.54. The summed E-state index contributed by atoms with van der Waals surface area (Å²) in [5, 5.41) is 15.2. The number of hydrazone groups is 1. The van der Waals surface area contributed by atoms with Gasteiger partial charge in [-0.1, -0.05) is 24.3 Å². The first-order chi connectivity index (χ1) is 17.4. The Bertz CT molecular complexity index is 1290. The highest BCUT2D eigenvalue weighted by molar-refractivity contribution is 5.83. The minimum atomic E-state index is -0.540. The molecule has 1 heterocycles. The zero-order valence-electron chi connectivity index (χ0n) is 20.3. The summed E-state index contributed by atoms with van der Waals surface area (Å²) < 4.78 is 10.9. The number of nitro benzene ring substituents is 1. The van der Waals surface area contributed by atoms with Crippen molar-refractivity contribution >= 4 is 23.5 Å². The maximum atomic E-state index is 12.2. The fraction of sp³-hybridized carbons (Fsp3) is 0.259. The van der Waals surface area contributed by atoms with E-state index < -0.39 is 17.4 Å². The molecule has 9 nitrogen and oxygen atoms in total. The Hall–Kier alpha value is -4.40. The van der Waals surface area contributed by atoms with Gasteiger partial charge in [-0.05, 0) is 66.8 Å². The van der Waals surface area contributed by atoms with Gasteiger partial charge in [-0.25, -0.2) is 5.43 Å². The molecule has 1 N–H and O–H groups in total. The Kier molecular flexibility index (Phi) is 7.79. The van der Waals surface area contributed by atoms with Crippen molar-refractivity contribution in [3.05, 3.63) is 93.0 Å². The lowest BCUT2D eigenvalue weighted by Crippen LogP contribution is -2.29. The van der Waals surface area contributed by atoms with Gasteiger partial charge in [-0.3, -0.25) is 14.9 Å². The van der Waals surface area contributed by atoms with Gasteiger partial charge in [0.1, 0.15) is 5.75 Å². The summed E-state index contributed by atoms with van der Waals surface area (Å²) in [7, 11) is 1.65. The molecule has 0 saturated heterocycles. The summed E-state index contributed by atoms with van der Waals surface area (Å²) in [5.41, 5.74) is 7.34. The van der Waals surface area contributed by atoms with Gasteiger partial charge >= 0.3 is 5.69 Å². The van der Waals surface area contributed by atoms with Crippen LogP contribution in [0.25, 0.3) is 0 Å². The Morgan fingerprint density at radius 2 is 1.97 bits per heavy atom. The normalized spacial score (nSPS) is 12.8. The van der Waals surface area contributed by atoms with Gasteiger partial charge in [-0.15, -0.1) is 0 Å². The third kappa shape index (κ3) is 5.99. The number of carbonyl (C=O) groups is 1. The minimum absolute atomic E-state index is 0.0313. The maximum absolute atomic E-state index is 12.2. The molecule has 1 amide bonds. The lowest BCUT2D eigenvalue weighted by atomic mass is 10.0. The molecule has 0 radical (unpaired) electrons.